The number of hydrogen-bond donors (Lipinski definition) is 1. The highest BCUT2D eigenvalue weighted by molar-refractivity contribution is 14.1. The molecule has 1 aromatic rings. The maximum absolute atomic E-state index is 12.8. The smallest absolute Gasteiger partial charge is 0.255 e. The molecule has 2 N–H and O–H groups in total. The Kier molecular flexibility index (Phi) is 6.94. The molecule has 0 radical (unpaired) electrons. The Labute approximate surface area is 143 Å². The lowest BCUT2D eigenvalue weighted by molar-refractivity contribution is 0.0688. The fourth-order valence-corrected chi connectivity index (χ4v) is 2.84. The first-order valence-corrected chi connectivity index (χ1v) is 8.62. The van der Waals surface area contributed by atoms with Crippen LogP contribution in [0.2, 0.25) is 0 Å². The first kappa shape index (κ1) is 17.9. The summed E-state index contributed by atoms with van der Waals surface area (Å²) in [5.74, 6) is 0.0683. The van der Waals surface area contributed by atoms with E-state index < -0.39 is 0 Å². The number of amides is 1. The molecule has 112 valence electrons. The van der Waals surface area contributed by atoms with E-state index in [1.54, 1.807) is 0 Å². The summed E-state index contributed by atoms with van der Waals surface area (Å²) in [5, 5.41) is 0. The zero-order valence-electron chi connectivity index (χ0n) is 12.2. The Morgan fingerprint density at radius 3 is 2.65 bits per heavy atom. The van der Waals surface area contributed by atoms with Gasteiger partial charge in [-0.15, -0.1) is 0 Å². The topological polar surface area (TPSA) is 46.3 Å². The summed E-state index contributed by atoms with van der Waals surface area (Å²) in [5.41, 5.74) is 6.45. The Morgan fingerprint density at radius 2 is 2.10 bits per heavy atom. The molecule has 0 aliphatic rings. The van der Waals surface area contributed by atoms with E-state index in [-0.39, 0.29) is 11.3 Å². The molecule has 0 unspecified atom stereocenters. The molecule has 0 atom stereocenters. The third kappa shape index (κ3) is 5.00. The molecule has 0 bridgehead atoms. The van der Waals surface area contributed by atoms with Crippen LogP contribution in [-0.4, -0.2) is 30.4 Å². The molecular weight excluding hydrogens is 431 g/mol. The van der Waals surface area contributed by atoms with Gasteiger partial charge in [0.15, 0.2) is 0 Å². The lowest BCUT2D eigenvalue weighted by Crippen LogP contribution is -2.42. The Bertz CT molecular complexity index is 477. The van der Waals surface area contributed by atoms with Crippen molar-refractivity contribution in [1.82, 2.24) is 4.90 Å². The van der Waals surface area contributed by atoms with E-state index in [1.165, 1.54) is 0 Å². The van der Waals surface area contributed by atoms with E-state index in [9.17, 15) is 4.79 Å². The zero-order chi connectivity index (χ0) is 15.3. The van der Waals surface area contributed by atoms with E-state index in [0.717, 1.165) is 26.6 Å². The number of hydrogen-bond acceptors (Lipinski definition) is 2. The number of halogens is 2. The lowest BCUT2D eigenvalue weighted by atomic mass is 9.92. The van der Waals surface area contributed by atoms with Gasteiger partial charge in [-0.1, -0.05) is 20.8 Å². The van der Waals surface area contributed by atoms with Crippen LogP contribution in [-0.2, 0) is 0 Å². The Hall–Kier alpha value is -0.140. The molecular formula is C15H22BrIN2O. The van der Waals surface area contributed by atoms with Gasteiger partial charge < -0.3 is 10.6 Å². The molecule has 1 amide bonds. The van der Waals surface area contributed by atoms with Gasteiger partial charge in [-0.25, -0.2) is 0 Å². The van der Waals surface area contributed by atoms with Gasteiger partial charge in [0.05, 0.1) is 5.56 Å². The predicted octanol–water partition coefficient (Wildman–Crippen LogP) is 3.89. The summed E-state index contributed by atoms with van der Waals surface area (Å²) in [7, 11) is 0. The van der Waals surface area contributed by atoms with Crippen molar-refractivity contribution in [3.05, 3.63) is 31.8 Å². The second kappa shape index (κ2) is 7.75. The van der Waals surface area contributed by atoms with Gasteiger partial charge in [-0.2, -0.15) is 0 Å². The highest BCUT2D eigenvalue weighted by Crippen LogP contribution is 2.23. The molecule has 0 saturated heterocycles. The second-order valence-corrected chi connectivity index (χ2v) is 7.82. The highest BCUT2D eigenvalue weighted by atomic mass is 127. The summed E-state index contributed by atoms with van der Waals surface area (Å²) in [4.78, 5) is 14.7. The molecule has 3 nitrogen and oxygen atoms in total. The average molecular weight is 453 g/mol. The first-order chi connectivity index (χ1) is 9.30. The van der Waals surface area contributed by atoms with Gasteiger partial charge in [-0.3, -0.25) is 4.79 Å². The third-order valence-electron chi connectivity index (χ3n) is 3.11. The number of nitrogens with zero attached hydrogens (tertiary/aromatic N) is 1. The lowest BCUT2D eigenvalue weighted by Gasteiger charge is -2.32. The van der Waals surface area contributed by atoms with Gasteiger partial charge in [0.2, 0.25) is 0 Å². The van der Waals surface area contributed by atoms with E-state index in [2.05, 4.69) is 59.3 Å². The molecule has 0 aliphatic carbocycles. The molecule has 20 heavy (non-hydrogen) atoms. The molecule has 0 heterocycles. The Balaban J connectivity index is 3.02. The van der Waals surface area contributed by atoms with Crippen LogP contribution in [0.5, 0.6) is 0 Å². The van der Waals surface area contributed by atoms with Crippen LogP contribution >= 0.6 is 38.5 Å². The van der Waals surface area contributed by atoms with Crippen molar-refractivity contribution in [2.24, 2.45) is 11.1 Å². The van der Waals surface area contributed by atoms with Crippen molar-refractivity contribution in [2.75, 3.05) is 19.6 Å². The summed E-state index contributed by atoms with van der Waals surface area (Å²) < 4.78 is 1.90. The normalized spacial score (nSPS) is 11.5. The van der Waals surface area contributed by atoms with E-state index in [0.29, 0.717) is 13.1 Å². The summed E-state index contributed by atoms with van der Waals surface area (Å²) in [6.07, 6.45) is 0.938. The molecule has 1 aromatic carbocycles. The van der Waals surface area contributed by atoms with Gasteiger partial charge in [0.1, 0.15) is 0 Å². The van der Waals surface area contributed by atoms with Crippen LogP contribution in [0, 0.1) is 8.99 Å². The fraction of sp³-hybridized carbons (Fsp3) is 0.533. The molecule has 0 aromatic heterocycles. The van der Waals surface area contributed by atoms with Gasteiger partial charge >= 0.3 is 0 Å². The van der Waals surface area contributed by atoms with Crippen LogP contribution in [0.3, 0.4) is 0 Å². The first-order valence-electron chi connectivity index (χ1n) is 6.75. The second-order valence-electron chi connectivity index (χ2n) is 5.72. The van der Waals surface area contributed by atoms with Crippen LogP contribution < -0.4 is 5.73 Å². The molecule has 0 saturated carbocycles. The minimum absolute atomic E-state index is 0.0683. The third-order valence-corrected chi connectivity index (χ3v) is 4.47. The van der Waals surface area contributed by atoms with Crippen molar-refractivity contribution in [3.63, 3.8) is 0 Å². The Morgan fingerprint density at radius 1 is 1.45 bits per heavy atom. The van der Waals surface area contributed by atoms with Crippen molar-refractivity contribution >= 4 is 44.4 Å². The number of carbonyl (C=O) groups excluding carboxylic acids is 1. The van der Waals surface area contributed by atoms with Crippen LogP contribution in [0.4, 0.5) is 0 Å². The summed E-state index contributed by atoms with van der Waals surface area (Å²) in [6.45, 7) is 8.25. The number of carbonyl (C=O) groups is 1. The number of benzene rings is 1. The molecule has 0 fully saturated rings. The quantitative estimate of drug-likeness (QED) is 0.665. The minimum Gasteiger partial charge on any atom is -0.338 e. The standard InChI is InChI=1S/C15H22BrIN2O/c1-4-7-19(10-15(2,3)9-18)14(20)12-8-11(17)5-6-13(12)16/h5-6,8H,4,7,9-10,18H2,1-3H3. The van der Waals surface area contributed by atoms with E-state index >= 15 is 0 Å². The van der Waals surface area contributed by atoms with Crippen LogP contribution in [0.25, 0.3) is 0 Å². The average Bonchev–Trinajstić information content (AvgIpc) is 2.40. The van der Waals surface area contributed by atoms with Crippen molar-refractivity contribution < 1.29 is 4.79 Å². The van der Waals surface area contributed by atoms with E-state index in [4.69, 9.17) is 5.73 Å². The van der Waals surface area contributed by atoms with E-state index in [1.807, 2.05) is 23.1 Å². The molecule has 0 spiro atoms. The van der Waals surface area contributed by atoms with Crippen LogP contribution in [0.15, 0.2) is 22.7 Å². The van der Waals surface area contributed by atoms with Crippen molar-refractivity contribution in [3.8, 4) is 0 Å². The minimum atomic E-state index is -0.0702. The SMILES string of the molecule is CCCN(CC(C)(C)CN)C(=O)c1cc(I)ccc1Br. The number of rotatable bonds is 6. The summed E-state index contributed by atoms with van der Waals surface area (Å²) in [6, 6.07) is 5.83. The van der Waals surface area contributed by atoms with Gasteiger partial charge in [0, 0.05) is 21.1 Å². The molecule has 0 aliphatic heterocycles. The molecule has 5 heteroatoms. The predicted molar refractivity (Wildman–Crippen MR) is 95.9 cm³/mol. The fourth-order valence-electron chi connectivity index (χ4n) is 1.94. The summed E-state index contributed by atoms with van der Waals surface area (Å²) >= 11 is 5.70. The highest BCUT2D eigenvalue weighted by Gasteiger charge is 2.25. The zero-order valence-corrected chi connectivity index (χ0v) is 16.0. The monoisotopic (exact) mass is 452 g/mol. The van der Waals surface area contributed by atoms with Gasteiger partial charge in [0.25, 0.3) is 5.91 Å². The van der Waals surface area contributed by atoms with Crippen molar-refractivity contribution in [2.45, 2.75) is 27.2 Å². The molecule has 1 rings (SSSR count). The maximum Gasteiger partial charge on any atom is 0.255 e. The maximum atomic E-state index is 12.8. The van der Waals surface area contributed by atoms with Gasteiger partial charge in [-0.05, 0) is 75.1 Å². The van der Waals surface area contributed by atoms with Crippen molar-refractivity contribution in [1.29, 1.82) is 0 Å². The largest absolute Gasteiger partial charge is 0.338 e. The number of nitrogens with two attached hydrogens (primary N) is 1. The van der Waals surface area contributed by atoms with Crippen LogP contribution in [0.1, 0.15) is 37.6 Å².